The Morgan fingerprint density at radius 3 is 2.78 bits per heavy atom. The number of β-amino-alcohol motifs (C(OH)–C–C–N with tert-alkyl or cyclic N) is 1. The first kappa shape index (κ1) is 16.0. The summed E-state index contributed by atoms with van der Waals surface area (Å²) in [6.45, 7) is 2.96. The van der Waals surface area contributed by atoms with Gasteiger partial charge in [-0.25, -0.2) is 4.52 Å². The number of aliphatic hydroxyl groups is 1. The summed E-state index contributed by atoms with van der Waals surface area (Å²) in [4.78, 5) is 14.6. The number of hydrogen-bond donors (Lipinski definition) is 2. The fourth-order valence-corrected chi connectivity index (χ4v) is 3.20. The molecule has 0 radical (unpaired) electrons. The first-order valence-corrected chi connectivity index (χ1v) is 8.32. The van der Waals surface area contributed by atoms with Crippen LogP contribution in [0, 0.1) is 0 Å². The fourth-order valence-electron chi connectivity index (χ4n) is 3.20. The number of carbonyl (C=O) groups is 1. The van der Waals surface area contributed by atoms with Crippen LogP contribution in [0.25, 0.3) is 5.65 Å². The summed E-state index contributed by atoms with van der Waals surface area (Å²) >= 11 is 0. The molecule has 1 aliphatic rings. The number of amides is 1. The third-order valence-corrected chi connectivity index (χ3v) is 4.45. The van der Waals surface area contributed by atoms with Crippen LogP contribution in [0.3, 0.4) is 0 Å². The molecule has 0 aromatic carbocycles. The third kappa shape index (κ3) is 3.73. The summed E-state index contributed by atoms with van der Waals surface area (Å²) < 4.78 is 3.53. The van der Waals surface area contributed by atoms with Crippen molar-refractivity contribution < 1.29 is 9.90 Å². The number of likely N-dealkylation sites (tertiary alicyclic amines) is 1. The highest BCUT2D eigenvalue weighted by Gasteiger charge is 2.18. The van der Waals surface area contributed by atoms with Gasteiger partial charge in [0.15, 0.2) is 0 Å². The van der Waals surface area contributed by atoms with E-state index in [1.165, 1.54) is 25.7 Å². The standard InChI is InChI=1S/C16H25N5O2/c1-19-8-9-21-16(19)14(11-18-21)15(23)17-10-13(22)12-20-6-4-2-3-5-7-20/h8-9,11,13,22H,2-7,10,12H2,1H3,(H,17,23). The molecule has 0 bridgehead atoms. The Hall–Kier alpha value is -1.86. The van der Waals surface area contributed by atoms with Crippen LogP contribution in [0.1, 0.15) is 36.0 Å². The zero-order chi connectivity index (χ0) is 16.2. The Morgan fingerprint density at radius 2 is 2.04 bits per heavy atom. The summed E-state index contributed by atoms with van der Waals surface area (Å²) in [5.74, 6) is -0.197. The number of fused-ring (bicyclic) bond motifs is 1. The highest BCUT2D eigenvalue weighted by Crippen LogP contribution is 2.11. The minimum Gasteiger partial charge on any atom is -0.390 e. The number of carbonyl (C=O) groups excluding carboxylic acids is 1. The minimum absolute atomic E-state index is 0.197. The van der Waals surface area contributed by atoms with E-state index >= 15 is 0 Å². The number of aliphatic hydroxyl groups excluding tert-OH is 1. The monoisotopic (exact) mass is 319 g/mol. The van der Waals surface area contributed by atoms with Crippen LogP contribution in [0.5, 0.6) is 0 Å². The van der Waals surface area contributed by atoms with E-state index < -0.39 is 6.10 Å². The van der Waals surface area contributed by atoms with Crippen LogP contribution in [0.4, 0.5) is 0 Å². The molecule has 7 heteroatoms. The largest absolute Gasteiger partial charge is 0.390 e. The molecule has 2 N–H and O–H groups in total. The molecule has 2 aromatic heterocycles. The second-order valence-electron chi connectivity index (χ2n) is 6.31. The van der Waals surface area contributed by atoms with Crippen LogP contribution in [-0.4, -0.2) is 62.4 Å². The lowest BCUT2D eigenvalue weighted by Gasteiger charge is -2.23. The van der Waals surface area contributed by atoms with Gasteiger partial charge in [0.05, 0.1) is 12.3 Å². The molecule has 1 fully saturated rings. The van der Waals surface area contributed by atoms with Crippen LogP contribution in [-0.2, 0) is 7.05 Å². The average molecular weight is 319 g/mol. The lowest BCUT2D eigenvalue weighted by molar-refractivity contribution is 0.0863. The number of rotatable bonds is 5. The average Bonchev–Trinajstić information content (AvgIpc) is 3.01. The molecule has 1 amide bonds. The highest BCUT2D eigenvalue weighted by atomic mass is 16.3. The maximum atomic E-state index is 12.3. The van der Waals surface area contributed by atoms with Crippen LogP contribution < -0.4 is 5.32 Å². The van der Waals surface area contributed by atoms with E-state index in [4.69, 9.17) is 0 Å². The molecular formula is C16H25N5O2. The molecule has 0 spiro atoms. The summed E-state index contributed by atoms with van der Waals surface area (Å²) in [5, 5.41) is 17.2. The molecule has 126 valence electrons. The van der Waals surface area contributed by atoms with E-state index in [1.54, 1.807) is 16.9 Å². The maximum Gasteiger partial charge on any atom is 0.256 e. The highest BCUT2D eigenvalue weighted by molar-refractivity contribution is 5.99. The van der Waals surface area contributed by atoms with Crippen molar-refractivity contribution in [3.63, 3.8) is 0 Å². The predicted molar refractivity (Wildman–Crippen MR) is 87.4 cm³/mol. The molecule has 2 aromatic rings. The molecule has 1 aliphatic heterocycles. The van der Waals surface area contributed by atoms with E-state index in [1.807, 2.05) is 17.8 Å². The molecular weight excluding hydrogens is 294 g/mol. The van der Waals surface area contributed by atoms with Gasteiger partial charge in [0.1, 0.15) is 11.2 Å². The van der Waals surface area contributed by atoms with Gasteiger partial charge in [-0.15, -0.1) is 0 Å². The molecule has 1 atom stereocenters. The Labute approximate surface area is 135 Å². The molecule has 7 nitrogen and oxygen atoms in total. The molecule has 3 rings (SSSR count). The van der Waals surface area contributed by atoms with Crippen molar-refractivity contribution in [3.05, 3.63) is 24.2 Å². The lowest BCUT2D eigenvalue weighted by Crippen LogP contribution is -2.40. The zero-order valence-corrected chi connectivity index (χ0v) is 13.6. The first-order chi connectivity index (χ1) is 11.1. The van der Waals surface area contributed by atoms with Crippen molar-refractivity contribution in [2.75, 3.05) is 26.2 Å². The summed E-state index contributed by atoms with van der Waals surface area (Å²) in [5.41, 5.74) is 1.28. The second kappa shape index (κ2) is 7.14. The van der Waals surface area contributed by atoms with Gasteiger partial charge >= 0.3 is 0 Å². The van der Waals surface area contributed by atoms with Crippen molar-refractivity contribution in [2.24, 2.45) is 7.05 Å². The summed E-state index contributed by atoms with van der Waals surface area (Å²) in [6, 6.07) is 0. The normalized spacial score (nSPS) is 18.0. The van der Waals surface area contributed by atoms with Crippen LogP contribution >= 0.6 is 0 Å². The van der Waals surface area contributed by atoms with Gasteiger partial charge < -0.3 is 19.9 Å². The van der Waals surface area contributed by atoms with Crippen molar-refractivity contribution in [3.8, 4) is 0 Å². The SMILES string of the molecule is Cn1ccn2ncc(C(=O)NCC(O)CN3CCCCCC3)c12. The zero-order valence-electron chi connectivity index (χ0n) is 13.6. The number of nitrogens with zero attached hydrogens (tertiary/aromatic N) is 4. The molecule has 0 aliphatic carbocycles. The van der Waals surface area contributed by atoms with E-state index in [2.05, 4.69) is 15.3 Å². The lowest BCUT2D eigenvalue weighted by atomic mass is 10.2. The molecule has 3 heterocycles. The van der Waals surface area contributed by atoms with Crippen LogP contribution in [0.2, 0.25) is 0 Å². The van der Waals surface area contributed by atoms with Crippen molar-refractivity contribution >= 4 is 11.6 Å². The number of nitrogens with one attached hydrogen (secondary N) is 1. The predicted octanol–water partition coefficient (Wildman–Crippen LogP) is 0.639. The van der Waals surface area contributed by atoms with E-state index in [0.29, 0.717) is 12.1 Å². The number of hydrogen-bond acceptors (Lipinski definition) is 4. The summed E-state index contributed by atoms with van der Waals surface area (Å²) in [7, 11) is 1.88. The van der Waals surface area contributed by atoms with Gasteiger partial charge in [0.25, 0.3) is 5.91 Å². The van der Waals surface area contributed by atoms with Crippen molar-refractivity contribution in [2.45, 2.75) is 31.8 Å². The maximum absolute atomic E-state index is 12.3. The van der Waals surface area contributed by atoms with Crippen LogP contribution in [0.15, 0.2) is 18.6 Å². The van der Waals surface area contributed by atoms with Gasteiger partial charge in [-0.2, -0.15) is 5.10 Å². The number of imidazole rings is 1. The van der Waals surface area contributed by atoms with E-state index in [9.17, 15) is 9.90 Å². The molecule has 1 saturated heterocycles. The molecule has 0 saturated carbocycles. The topological polar surface area (TPSA) is 74.8 Å². The van der Waals surface area contributed by atoms with E-state index in [-0.39, 0.29) is 12.5 Å². The Bertz CT molecular complexity index is 655. The minimum atomic E-state index is -0.545. The fraction of sp³-hybridized carbons (Fsp3) is 0.625. The van der Waals surface area contributed by atoms with Crippen molar-refractivity contribution in [1.82, 2.24) is 24.4 Å². The molecule has 23 heavy (non-hydrogen) atoms. The summed E-state index contributed by atoms with van der Waals surface area (Å²) in [6.07, 6.45) is 9.62. The van der Waals surface area contributed by atoms with Gasteiger partial charge in [0, 0.05) is 32.5 Å². The second-order valence-corrected chi connectivity index (χ2v) is 6.31. The van der Waals surface area contributed by atoms with Gasteiger partial charge in [-0.05, 0) is 25.9 Å². The first-order valence-electron chi connectivity index (χ1n) is 8.32. The Morgan fingerprint density at radius 1 is 1.30 bits per heavy atom. The third-order valence-electron chi connectivity index (χ3n) is 4.45. The Balaban J connectivity index is 1.53. The van der Waals surface area contributed by atoms with Gasteiger partial charge in [-0.1, -0.05) is 12.8 Å². The smallest absolute Gasteiger partial charge is 0.256 e. The Kier molecular flexibility index (Phi) is 4.97. The van der Waals surface area contributed by atoms with Gasteiger partial charge in [0.2, 0.25) is 0 Å². The number of aryl methyl sites for hydroxylation is 1. The van der Waals surface area contributed by atoms with E-state index in [0.717, 1.165) is 18.7 Å². The quantitative estimate of drug-likeness (QED) is 0.848. The number of aromatic nitrogens is 3. The molecule has 1 unspecified atom stereocenters. The van der Waals surface area contributed by atoms with Gasteiger partial charge in [-0.3, -0.25) is 4.79 Å². The van der Waals surface area contributed by atoms with Crippen molar-refractivity contribution in [1.29, 1.82) is 0 Å².